The van der Waals surface area contributed by atoms with E-state index < -0.39 is 0 Å². The second-order valence-corrected chi connectivity index (χ2v) is 6.41. The molecular weight excluding hydrogens is 278 g/mol. The number of hydrogen-bond donors (Lipinski definition) is 1. The van der Waals surface area contributed by atoms with Gasteiger partial charge in [0.2, 0.25) is 0 Å². The van der Waals surface area contributed by atoms with Gasteiger partial charge in [0.25, 0.3) is 0 Å². The molecule has 0 amide bonds. The summed E-state index contributed by atoms with van der Waals surface area (Å²) in [5, 5.41) is 1.75. The largest absolute Gasteiger partial charge is 0.459 e. The van der Waals surface area contributed by atoms with Gasteiger partial charge in [0.1, 0.15) is 11.3 Å². The maximum Gasteiger partial charge on any atom is 0.134 e. The van der Waals surface area contributed by atoms with Gasteiger partial charge in [0.15, 0.2) is 0 Å². The second-order valence-electron chi connectivity index (χ2n) is 4.66. The van der Waals surface area contributed by atoms with Gasteiger partial charge >= 0.3 is 0 Å². The van der Waals surface area contributed by atoms with Gasteiger partial charge in [0, 0.05) is 25.7 Å². The highest BCUT2D eigenvalue weighted by molar-refractivity contribution is 7.12. The molecular formula is C15H14ClNOS. The Labute approximate surface area is 120 Å². The van der Waals surface area contributed by atoms with Crippen LogP contribution in [0.3, 0.4) is 0 Å². The molecule has 0 bridgehead atoms. The third-order valence-electron chi connectivity index (χ3n) is 3.29. The summed E-state index contributed by atoms with van der Waals surface area (Å²) in [5.74, 6) is 0.819. The molecule has 98 valence electrons. The number of nitrogens with two attached hydrogens (primary N) is 1. The molecule has 2 heterocycles. The first-order chi connectivity index (χ1) is 9.06. The number of benzene rings is 1. The summed E-state index contributed by atoms with van der Waals surface area (Å²) in [7, 11) is 0. The maximum atomic E-state index is 6.32. The van der Waals surface area contributed by atoms with Crippen molar-refractivity contribution in [2.75, 3.05) is 0 Å². The normalized spacial score (nSPS) is 13.1. The van der Waals surface area contributed by atoms with Gasteiger partial charge in [-0.25, -0.2) is 0 Å². The zero-order valence-corrected chi connectivity index (χ0v) is 12.3. The minimum atomic E-state index is -0.218. The molecule has 3 aromatic rings. The number of hydrogen-bond acceptors (Lipinski definition) is 3. The van der Waals surface area contributed by atoms with Crippen molar-refractivity contribution in [3.05, 3.63) is 56.4 Å². The number of furan rings is 1. The predicted molar refractivity (Wildman–Crippen MR) is 81.0 cm³/mol. The quantitative estimate of drug-likeness (QED) is 0.736. The number of halogens is 1. The fraction of sp³-hybridized carbons (Fsp3) is 0.200. The van der Waals surface area contributed by atoms with Crippen molar-refractivity contribution in [3.8, 4) is 0 Å². The van der Waals surface area contributed by atoms with Crippen LogP contribution in [-0.2, 0) is 0 Å². The maximum absolute atomic E-state index is 6.32. The fourth-order valence-electron chi connectivity index (χ4n) is 2.26. The highest BCUT2D eigenvalue weighted by Gasteiger charge is 2.19. The van der Waals surface area contributed by atoms with Crippen molar-refractivity contribution in [2.45, 2.75) is 19.9 Å². The Morgan fingerprint density at radius 2 is 2.00 bits per heavy atom. The Kier molecular flexibility index (Phi) is 3.13. The number of rotatable bonds is 2. The molecule has 2 nitrogen and oxygen atoms in total. The fourth-order valence-corrected chi connectivity index (χ4v) is 3.31. The Morgan fingerprint density at radius 1 is 1.21 bits per heavy atom. The van der Waals surface area contributed by atoms with Gasteiger partial charge in [-0.1, -0.05) is 11.6 Å². The highest BCUT2D eigenvalue weighted by Crippen LogP contribution is 2.34. The minimum Gasteiger partial charge on any atom is -0.459 e. The average molecular weight is 292 g/mol. The van der Waals surface area contributed by atoms with E-state index in [1.165, 1.54) is 4.88 Å². The van der Waals surface area contributed by atoms with Crippen molar-refractivity contribution < 1.29 is 4.42 Å². The van der Waals surface area contributed by atoms with Gasteiger partial charge in [-0.3, -0.25) is 0 Å². The molecule has 1 aromatic carbocycles. The van der Waals surface area contributed by atoms with Crippen LogP contribution < -0.4 is 5.73 Å². The van der Waals surface area contributed by atoms with Crippen molar-refractivity contribution in [3.63, 3.8) is 0 Å². The van der Waals surface area contributed by atoms with Gasteiger partial charge in [-0.15, -0.1) is 11.3 Å². The third-order valence-corrected chi connectivity index (χ3v) is 4.60. The van der Waals surface area contributed by atoms with Crippen LogP contribution in [0.25, 0.3) is 11.0 Å². The summed E-state index contributed by atoms with van der Waals surface area (Å²) in [6, 6.07) is 9.56. The Bertz CT molecular complexity index is 744. The standard InChI is InChI=1S/C15H14ClNOS/c1-8-3-6-13(19-8)14(17)15-9(2)11-7-10(16)4-5-12(11)18-15/h3-7,14H,17H2,1-2H3. The second kappa shape index (κ2) is 4.67. The van der Waals surface area contributed by atoms with E-state index in [9.17, 15) is 0 Å². The van der Waals surface area contributed by atoms with Gasteiger partial charge in [0.05, 0.1) is 6.04 Å². The Hall–Kier alpha value is -1.29. The van der Waals surface area contributed by atoms with E-state index >= 15 is 0 Å². The van der Waals surface area contributed by atoms with Crippen molar-refractivity contribution >= 4 is 33.9 Å². The van der Waals surface area contributed by atoms with Crippen molar-refractivity contribution in [2.24, 2.45) is 5.73 Å². The molecule has 1 atom stereocenters. The van der Waals surface area contributed by atoms with Gasteiger partial charge in [-0.2, -0.15) is 0 Å². The first-order valence-corrected chi connectivity index (χ1v) is 7.26. The molecule has 0 radical (unpaired) electrons. The lowest BCUT2D eigenvalue weighted by molar-refractivity contribution is 0.524. The number of fused-ring (bicyclic) bond motifs is 1. The molecule has 19 heavy (non-hydrogen) atoms. The molecule has 3 rings (SSSR count). The Balaban J connectivity index is 2.12. The topological polar surface area (TPSA) is 39.2 Å². The summed E-state index contributed by atoms with van der Waals surface area (Å²) in [6.45, 7) is 4.10. The summed E-state index contributed by atoms with van der Waals surface area (Å²) in [4.78, 5) is 2.37. The Morgan fingerprint density at radius 3 is 2.68 bits per heavy atom. The van der Waals surface area contributed by atoms with Crippen LogP contribution in [0.15, 0.2) is 34.7 Å². The summed E-state index contributed by atoms with van der Waals surface area (Å²) < 4.78 is 5.90. The molecule has 0 saturated carbocycles. The summed E-state index contributed by atoms with van der Waals surface area (Å²) in [5.41, 5.74) is 8.22. The molecule has 2 aromatic heterocycles. The van der Waals surface area contributed by atoms with E-state index in [2.05, 4.69) is 19.1 Å². The van der Waals surface area contributed by atoms with Crippen molar-refractivity contribution in [1.29, 1.82) is 0 Å². The van der Waals surface area contributed by atoms with Crippen LogP contribution in [0.2, 0.25) is 5.02 Å². The van der Waals surface area contributed by atoms with E-state index in [0.717, 1.165) is 27.2 Å². The zero-order valence-electron chi connectivity index (χ0n) is 10.7. The van der Waals surface area contributed by atoms with Crippen LogP contribution in [0.4, 0.5) is 0 Å². The third kappa shape index (κ3) is 2.18. The van der Waals surface area contributed by atoms with E-state index in [1.807, 2.05) is 25.1 Å². The molecule has 0 saturated heterocycles. The van der Waals surface area contributed by atoms with E-state index in [0.29, 0.717) is 5.02 Å². The first kappa shape index (κ1) is 12.7. The van der Waals surface area contributed by atoms with Crippen LogP contribution in [0, 0.1) is 13.8 Å². The first-order valence-electron chi connectivity index (χ1n) is 6.06. The van der Waals surface area contributed by atoms with E-state index in [-0.39, 0.29) is 6.04 Å². The average Bonchev–Trinajstić information content (AvgIpc) is 2.94. The van der Waals surface area contributed by atoms with Crippen LogP contribution in [0.5, 0.6) is 0 Å². The van der Waals surface area contributed by atoms with Crippen LogP contribution in [-0.4, -0.2) is 0 Å². The van der Waals surface area contributed by atoms with Crippen LogP contribution in [0.1, 0.15) is 27.1 Å². The molecule has 0 aliphatic heterocycles. The number of aryl methyl sites for hydroxylation is 2. The smallest absolute Gasteiger partial charge is 0.134 e. The molecule has 0 spiro atoms. The number of thiophene rings is 1. The molecule has 0 fully saturated rings. The lowest BCUT2D eigenvalue weighted by Gasteiger charge is -2.07. The SMILES string of the molecule is Cc1ccc(C(N)c2oc3ccc(Cl)cc3c2C)s1. The van der Waals surface area contributed by atoms with Crippen molar-refractivity contribution in [1.82, 2.24) is 0 Å². The molecule has 0 aliphatic carbocycles. The molecule has 2 N–H and O–H groups in total. The predicted octanol–water partition coefficient (Wildman–Crippen LogP) is 4.81. The zero-order chi connectivity index (χ0) is 13.6. The molecule has 1 unspecified atom stereocenters. The van der Waals surface area contributed by atoms with E-state index in [4.69, 9.17) is 21.8 Å². The summed E-state index contributed by atoms with van der Waals surface area (Å²) in [6.07, 6.45) is 0. The molecule has 4 heteroatoms. The van der Waals surface area contributed by atoms with Gasteiger partial charge in [-0.05, 0) is 44.2 Å². The minimum absolute atomic E-state index is 0.218. The van der Waals surface area contributed by atoms with Gasteiger partial charge < -0.3 is 10.2 Å². The lowest BCUT2D eigenvalue weighted by Crippen LogP contribution is -2.10. The summed E-state index contributed by atoms with van der Waals surface area (Å²) >= 11 is 7.73. The van der Waals surface area contributed by atoms with E-state index in [1.54, 1.807) is 11.3 Å². The lowest BCUT2D eigenvalue weighted by atomic mass is 10.1. The highest BCUT2D eigenvalue weighted by atomic mass is 35.5. The van der Waals surface area contributed by atoms with Crippen LogP contribution >= 0.6 is 22.9 Å². The monoisotopic (exact) mass is 291 g/mol. The molecule has 0 aliphatic rings.